The summed E-state index contributed by atoms with van der Waals surface area (Å²) in [7, 11) is 1.57. The minimum Gasteiger partial charge on any atom is -0.497 e. The SMILES string of the molecule is C#Cc1ccc(C(C(=O)Nc2ccc(OC)cc2)N(C(=O)C(NC(=O)OC(C)(C)C)C(C)CC)C2CC2)cc1. The fourth-order valence-electron chi connectivity index (χ4n) is 4.23. The molecule has 0 aliphatic heterocycles. The zero-order chi connectivity index (χ0) is 28.7. The quantitative estimate of drug-likeness (QED) is 0.405. The van der Waals surface area contributed by atoms with Gasteiger partial charge >= 0.3 is 6.09 Å². The van der Waals surface area contributed by atoms with Crippen LogP contribution in [0.2, 0.25) is 0 Å². The average molecular weight is 534 g/mol. The van der Waals surface area contributed by atoms with Crippen LogP contribution in [0, 0.1) is 18.3 Å². The van der Waals surface area contributed by atoms with E-state index in [4.69, 9.17) is 15.9 Å². The summed E-state index contributed by atoms with van der Waals surface area (Å²) < 4.78 is 10.7. The number of alkyl carbamates (subject to hydrolysis) is 1. The molecule has 2 aromatic carbocycles. The molecule has 1 aliphatic rings. The highest BCUT2D eigenvalue weighted by Crippen LogP contribution is 2.37. The number of carbonyl (C=O) groups excluding carboxylic acids is 3. The third kappa shape index (κ3) is 8.00. The number of terminal acetylenes is 1. The van der Waals surface area contributed by atoms with Gasteiger partial charge in [0.15, 0.2) is 0 Å². The van der Waals surface area contributed by atoms with E-state index in [0.717, 1.165) is 12.8 Å². The highest BCUT2D eigenvalue weighted by Gasteiger charge is 2.45. The van der Waals surface area contributed by atoms with Gasteiger partial charge in [-0.05, 0) is 81.5 Å². The van der Waals surface area contributed by atoms with Gasteiger partial charge in [-0.25, -0.2) is 4.79 Å². The number of anilines is 1. The van der Waals surface area contributed by atoms with Gasteiger partial charge in [0.1, 0.15) is 23.4 Å². The maximum absolute atomic E-state index is 14.2. The molecule has 1 fully saturated rings. The fraction of sp³-hybridized carbons (Fsp3) is 0.452. The molecule has 1 saturated carbocycles. The minimum absolute atomic E-state index is 0.136. The standard InChI is InChI=1S/C31H39N3O5/c1-8-20(3)26(33-30(37)39-31(4,5)6)29(36)34(24-16-17-24)27(22-12-10-21(9-2)11-13-22)28(35)32-23-14-18-25(38-7)19-15-23/h2,10-15,18-20,24,26-27H,8,16-17H2,1,3-7H3,(H,32,35)(H,33,37). The van der Waals surface area contributed by atoms with Gasteiger partial charge in [-0.15, -0.1) is 6.42 Å². The van der Waals surface area contributed by atoms with E-state index in [1.54, 1.807) is 81.3 Å². The first-order valence-corrected chi connectivity index (χ1v) is 13.3. The summed E-state index contributed by atoms with van der Waals surface area (Å²) in [6.45, 7) is 9.16. The zero-order valence-corrected chi connectivity index (χ0v) is 23.6. The topological polar surface area (TPSA) is 97.0 Å². The smallest absolute Gasteiger partial charge is 0.408 e. The summed E-state index contributed by atoms with van der Waals surface area (Å²) >= 11 is 0. The van der Waals surface area contributed by atoms with Crippen molar-refractivity contribution in [3.05, 3.63) is 59.7 Å². The van der Waals surface area contributed by atoms with Crippen molar-refractivity contribution in [2.75, 3.05) is 12.4 Å². The Morgan fingerprint density at radius 2 is 1.69 bits per heavy atom. The van der Waals surface area contributed by atoms with E-state index in [1.807, 2.05) is 13.8 Å². The second-order valence-corrected chi connectivity index (χ2v) is 10.9. The lowest BCUT2D eigenvalue weighted by molar-refractivity contribution is -0.142. The van der Waals surface area contributed by atoms with Crippen LogP contribution in [0.25, 0.3) is 0 Å². The van der Waals surface area contributed by atoms with Gasteiger partial charge in [0.05, 0.1) is 7.11 Å². The van der Waals surface area contributed by atoms with Crippen LogP contribution in [0.1, 0.15) is 71.0 Å². The first-order valence-electron chi connectivity index (χ1n) is 13.3. The molecule has 3 amide bonds. The molecule has 0 spiro atoms. The molecular formula is C31H39N3O5. The van der Waals surface area contributed by atoms with E-state index in [0.29, 0.717) is 29.0 Å². The van der Waals surface area contributed by atoms with Crippen molar-refractivity contribution in [2.45, 2.75) is 77.6 Å². The largest absolute Gasteiger partial charge is 0.497 e. The van der Waals surface area contributed by atoms with E-state index >= 15 is 0 Å². The molecule has 39 heavy (non-hydrogen) atoms. The van der Waals surface area contributed by atoms with Gasteiger partial charge in [0.25, 0.3) is 5.91 Å². The van der Waals surface area contributed by atoms with E-state index in [1.165, 1.54) is 0 Å². The maximum atomic E-state index is 14.2. The molecule has 2 aromatic rings. The summed E-state index contributed by atoms with van der Waals surface area (Å²) in [5, 5.41) is 5.74. The maximum Gasteiger partial charge on any atom is 0.408 e. The van der Waals surface area contributed by atoms with Crippen LogP contribution < -0.4 is 15.4 Å². The highest BCUT2D eigenvalue weighted by atomic mass is 16.6. The lowest BCUT2D eigenvalue weighted by Gasteiger charge is -2.36. The number of hydrogen-bond acceptors (Lipinski definition) is 5. The van der Waals surface area contributed by atoms with Crippen LogP contribution in [-0.2, 0) is 14.3 Å². The Kier molecular flexibility index (Phi) is 9.63. The molecule has 8 nitrogen and oxygen atoms in total. The van der Waals surface area contributed by atoms with E-state index in [2.05, 4.69) is 16.6 Å². The van der Waals surface area contributed by atoms with Crippen molar-refractivity contribution in [2.24, 2.45) is 5.92 Å². The molecule has 208 valence electrons. The minimum atomic E-state index is -0.939. The molecule has 0 saturated heterocycles. The van der Waals surface area contributed by atoms with Crippen molar-refractivity contribution in [1.82, 2.24) is 10.2 Å². The molecule has 2 N–H and O–H groups in total. The van der Waals surface area contributed by atoms with E-state index in [9.17, 15) is 14.4 Å². The molecule has 0 heterocycles. The summed E-state index contributed by atoms with van der Waals surface area (Å²) in [5.41, 5.74) is 1.14. The normalized spacial score (nSPS) is 15.2. The van der Waals surface area contributed by atoms with Crippen molar-refractivity contribution in [1.29, 1.82) is 0 Å². The second-order valence-electron chi connectivity index (χ2n) is 10.9. The van der Waals surface area contributed by atoms with Crippen LogP contribution in [0.3, 0.4) is 0 Å². The van der Waals surface area contributed by atoms with Gasteiger partial charge in [0, 0.05) is 17.3 Å². The Labute approximate surface area is 231 Å². The van der Waals surface area contributed by atoms with Crippen molar-refractivity contribution in [3.63, 3.8) is 0 Å². The Morgan fingerprint density at radius 3 is 2.18 bits per heavy atom. The number of nitrogens with one attached hydrogen (secondary N) is 2. The van der Waals surface area contributed by atoms with Gasteiger partial charge in [-0.3, -0.25) is 9.59 Å². The summed E-state index contributed by atoms with van der Waals surface area (Å²) in [6.07, 6.45) is 7.05. The monoisotopic (exact) mass is 533 g/mol. The first kappa shape index (κ1) is 29.6. The molecular weight excluding hydrogens is 494 g/mol. The van der Waals surface area contributed by atoms with Gasteiger partial charge < -0.3 is 25.0 Å². The Morgan fingerprint density at radius 1 is 1.08 bits per heavy atom. The Balaban J connectivity index is 2.00. The third-order valence-corrected chi connectivity index (χ3v) is 6.62. The number of nitrogens with zero attached hydrogens (tertiary/aromatic N) is 1. The summed E-state index contributed by atoms with van der Waals surface area (Å²) in [4.78, 5) is 42.5. The number of carbonyl (C=O) groups is 3. The summed E-state index contributed by atoms with van der Waals surface area (Å²) in [6, 6.07) is 12.1. The predicted octanol–water partition coefficient (Wildman–Crippen LogP) is 5.29. The number of rotatable bonds is 10. The molecule has 8 heteroatoms. The Hall–Kier alpha value is -3.99. The van der Waals surface area contributed by atoms with Crippen LogP contribution in [0.4, 0.5) is 10.5 Å². The van der Waals surface area contributed by atoms with Gasteiger partial charge in [-0.2, -0.15) is 0 Å². The number of ether oxygens (including phenoxy) is 2. The second kappa shape index (κ2) is 12.7. The first-order chi connectivity index (χ1) is 18.5. The lowest BCUT2D eigenvalue weighted by Crippen LogP contribution is -2.55. The number of methoxy groups -OCH3 is 1. The number of hydrogen-bond donors (Lipinski definition) is 2. The molecule has 3 rings (SSSR count). The van der Waals surface area contributed by atoms with E-state index < -0.39 is 23.8 Å². The van der Waals surface area contributed by atoms with Gasteiger partial charge in [0.2, 0.25) is 5.91 Å². The predicted molar refractivity (Wildman–Crippen MR) is 151 cm³/mol. The molecule has 1 aliphatic carbocycles. The third-order valence-electron chi connectivity index (χ3n) is 6.62. The zero-order valence-electron chi connectivity index (χ0n) is 23.6. The molecule has 0 aromatic heterocycles. The van der Waals surface area contributed by atoms with Crippen LogP contribution >= 0.6 is 0 Å². The lowest BCUT2D eigenvalue weighted by atomic mass is 9.95. The van der Waals surface area contributed by atoms with Crippen LogP contribution in [0.15, 0.2) is 48.5 Å². The van der Waals surface area contributed by atoms with Crippen LogP contribution in [0.5, 0.6) is 5.75 Å². The van der Waals surface area contributed by atoms with Crippen molar-refractivity contribution >= 4 is 23.6 Å². The molecule has 0 bridgehead atoms. The highest BCUT2D eigenvalue weighted by molar-refractivity contribution is 5.99. The number of amides is 3. The Bertz CT molecular complexity index is 1190. The molecule has 0 radical (unpaired) electrons. The molecule has 3 unspecified atom stereocenters. The van der Waals surface area contributed by atoms with E-state index in [-0.39, 0.29) is 23.8 Å². The van der Waals surface area contributed by atoms with Crippen LogP contribution in [-0.4, -0.2) is 47.6 Å². The fourth-order valence-corrected chi connectivity index (χ4v) is 4.23. The summed E-state index contributed by atoms with van der Waals surface area (Å²) in [5.74, 6) is 2.36. The molecule has 3 atom stereocenters. The van der Waals surface area contributed by atoms with Crippen molar-refractivity contribution < 1.29 is 23.9 Å². The van der Waals surface area contributed by atoms with Gasteiger partial charge in [-0.1, -0.05) is 38.3 Å². The number of benzene rings is 2. The van der Waals surface area contributed by atoms with Crippen molar-refractivity contribution in [3.8, 4) is 18.1 Å². The average Bonchev–Trinajstić information content (AvgIpc) is 3.74.